The molecule has 0 unspecified atom stereocenters. The van der Waals surface area contributed by atoms with Crippen LogP contribution >= 0.6 is 11.6 Å². The molecule has 0 amide bonds. The van der Waals surface area contributed by atoms with Gasteiger partial charge in [0.05, 0.1) is 17.0 Å². The molecule has 1 aliphatic rings. The van der Waals surface area contributed by atoms with Crippen molar-refractivity contribution in [3.63, 3.8) is 0 Å². The van der Waals surface area contributed by atoms with Crippen molar-refractivity contribution in [2.45, 2.75) is 51.9 Å². The normalized spacial score (nSPS) is 14.1. The quantitative estimate of drug-likeness (QED) is 0.225. The average molecular weight is 577 g/mol. The largest absolute Gasteiger partial charge is 0.369 e. The molecular weight excluding hydrogens is 550 g/mol. The van der Waals surface area contributed by atoms with Crippen LogP contribution in [0.2, 0.25) is 5.02 Å². The molecule has 0 N–H and O–H groups in total. The third-order valence-electron chi connectivity index (χ3n) is 7.74. The average Bonchev–Trinajstić information content (AvgIpc) is 3.63. The number of nitrogens with zero attached hydrogens (tertiary/aromatic N) is 4. The third kappa shape index (κ3) is 4.79. The lowest BCUT2D eigenvalue weighted by Gasteiger charge is -2.18. The number of halogens is 3. The Balaban J connectivity index is 1.47. The number of benzene rings is 3. The Morgan fingerprint density at radius 1 is 0.976 bits per heavy atom. The van der Waals surface area contributed by atoms with Crippen LogP contribution in [0.25, 0.3) is 22.1 Å². The fraction of sp³-hybridized carbons (Fsp3) is 0.258. The molecule has 3 aromatic carbocycles. The van der Waals surface area contributed by atoms with Crippen LogP contribution in [0.1, 0.15) is 43.6 Å². The van der Waals surface area contributed by atoms with Gasteiger partial charge in [-0.2, -0.15) is 4.68 Å². The van der Waals surface area contributed by atoms with Crippen LogP contribution in [0.4, 0.5) is 8.78 Å². The van der Waals surface area contributed by atoms with Crippen LogP contribution in [-0.4, -0.2) is 18.9 Å². The lowest BCUT2D eigenvalue weighted by molar-refractivity contribution is 0.0989. The number of fused-ring (bicyclic) bond motifs is 1. The summed E-state index contributed by atoms with van der Waals surface area (Å²) in [6.45, 7) is 4.53. The molecule has 2 aromatic heterocycles. The summed E-state index contributed by atoms with van der Waals surface area (Å²) in [5.41, 5.74) is 0.106. The van der Waals surface area contributed by atoms with Crippen LogP contribution < -0.4 is 11.2 Å². The second-order valence-electron chi connectivity index (χ2n) is 10.5. The van der Waals surface area contributed by atoms with Gasteiger partial charge in [0.2, 0.25) is 0 Å². The zero-order valence-electron chi connectivity index (χ0n) is 22.5. The van der Waals surface area contributed by atoms with E-state index in [1.165, 1.54) is 28.8 Å². The predicted molar refractivity (Wildman–Crippen MR) is 153 cm³/mol. The Hall–Kier alpha value is -4.08. The minimum absolute atomic E-state index is 0.0532. The summed E-state index contributed by atoms with van der Waals surface area (Å²) in [6.07, 6.45) is 3.26. The minimum atomic E-state index is -0.807. The monoisotopic (exact) mass is 576 g/mol. The molecule has 210 valence electrons. The van der Waals surface area contributed by atoms with E-state index in [0.717, 1.165) is 39.3 Å². The van der Waals surface area contributed by atoms with Crippen molar-refractivity contribution in [1.82, 2.24) is 18.9 Å². The van der Waals surface area contributed by atoms with Gasteiger partial charge in [0.15, 0.2) is 5.82 Å². The molecule has 2 heterocycles. The molecule has 0 aliphatic heterocycles. The van der Waals surface area contributed by atoms with Gasteiger partial charge in [-0.25, -0.2) is 13.6 Å². The molecule has 1 fully saturated rings. The fourth-order valence-electron chi connectivity index (χ4n) is 5.19. The maximum Gasteiger partial charge on any atom is 0.350 e. The van der Waals surface area contributed by atoms with E-state index >= 15 is 4.39 Å². The number of pyridine rings is 1. The summed E-state index contributed by atoms with van der Waals surface area (Å²) in [5, 5.41) is 5.03. The van der Waals surface area contributed by atoms with Gasteiger partial charge in [0.1, 0.15) is 29.6 Å². The zero-order valence-corrected chi connectivity index (χ0v) is 23.3. The zero-order chi connectivity index (χ0) is 28.9. The number of rotatable bonds is 8. The van der Waals surface area contributed by atoms with E-state index in [-0.39, 0.29) is 33.8 Å². The van der Waals surface area contributed by atoms with Crippen molar-refractivity contribution < 1.29 is 13.5 Å². The number of hydrogen-bond acceptors (Lipinski definition) is 4. The van der Waals surface area contributed by atoms with Gasteiger partial charge in [-0.15, -0.1) is 5.10 Å². The Morgan fingerprint density at radius 3 is 2.41 bits per heavy atom. The van der Waals surface area contributed by atoms with Gasteiger partial charge in [0.25, 0.3) is 5.56 Å². The molecule has 0 saturated heterocycles. The smallest absolute Gasteiger partial charge is 0.350 e. The number of para-hydroxylation sites is 1. The maximum absolute atomic E-state index is 15.7. The van der Waals surface area contributed by atoms with Crippen LogP contribution in [-0.2, 0) is 29.9 Å². The summed E-state index contributed by atoms with van der Waals surface area (Å²) in [6, 6.07) is 16.4. The van der Waals surface area contributed by atoms with Gasteiger partial charge in [0, 0.05) is 12.7 Å². The first-order chi connectivity index (χ1) is 19.7. The third-order valence-corrected chi connectivity index (χ3v) is 8.04. The van der Waals surface area contributed by atoms with Crippen molar-refractivity contribution in [3.8, 4) is 11.4 Å². The molecule has 0 bridgehead atoms. The van der Waals surface area contributed by atoms with Gasteiger partial charge in [-0.05, 0) is 66.0 Å². The van der Waals surface area contributed by atoms with Crippen LogP contribution in [0, 0.1) is 11.6 Å². The van der Waals surface area contributed by atoms with Crippen LogP contribution in [0.5, 0.6) is 0 Å². The predicted octanol–water partition coefficient (Wildman–Crippen LogP) is 6.06. The molecule has 5 aromatic rings. The summed E-state index contributed by atoms with van der Waals surface area (Å²) >= 11 is 6.29. The van der Waals surface area contributed by atoms with Gasteiger partial charge < -0.3 is 4.74 Å². The first kappa shape index (κ1) is 27.1. The second-order valence-corrected chi connectivity index (χ2v) is 10.9. The van der Waals surface area contributed by atoms with Gasteiger partial charge >= 0.3 is 5.69 Å². The van der Waals surface area contributed by atoms with Gasteiger partial charge in [-0.3, -0.25) is 13.9 Å². The van der Waals surface area contributed by atoms with E-state index < -0.39 is 22.9 Å². The van der Waals surface area contributed by atoms with E-state index in [4.69, 9.17) is 16.3 Å². The SMILES string of the molecule is CCn1c(COCc2ccccc2)nn(-c2cc3c(C4(C)CC4)cn(-c4c(F)cccc4Cl)c(=O)c3cc2F)c1=O. The highest BCUT2D eigenvalue weighted by Gasteiger charge is 2.41. The first-order valence-electron chi connectivity index (χ1n) is 13.4. The lowest BCUT2D eigenvalue weighted by Crippen LogP contribution is -2.25. The molecule has 1 saturated carbocycles. The van der Waals surface area contributed by atoms with Crippen LogP contribution in [0.15, 0.2) is 76.4 Å². The maximum atomic E-state index is 15.7. The van der Waals surface area contributed by atoms with E-state index in [0.29, 0.717) is 24.4 Å². The van der Waals surface area contributed by atoms with E-state index in [1.54, 1.807) is 13.1 Å². The van der Waals surface area contributed by atoms with Crippen LogP contribution in [0.3, 0.4) is 0 Å². The summed E-state index contributed by atoms with van der Waals surface area (Å²) in [4.78, 5) is 26.9. The molecule has 6 rings (SSSR count). The topological polar surface area (TPSA) is 71.0 Å². The molecule has 10 heteroatoms. The molecule has 0 radical (unpaired) electrons. The standard InChI is InChI=1S/C31H27ClF2N4O3/c1-3-36-27(18-41-17-19-8-5-4-6-9-19)35-38(30(36)40)26-15-20-21(14-25(26)34)29(39)37(16-22(20)31(2)12-13-31)28-23(32)10-7-11-24(28)33/h4-11,14-16H,3,12-13,17-18H2,1-2H3. The molecule has 41 heavy (non-hydrogen) atoms. The molecule has 7 nitrogen and oxygen atoms in total. The number of hydrogen-bond donors (Lipinski definition) is 0. The minimum Gasteiger partial charge on any atom is -0.369 e. The molecule has 0 atom stereocenters. The summed E-state index contributed by atoms with van der Waals surface area (Å²) in [7, 11) is 0. The summed E-state index contributed by atoms with van der Waals surface area (Å²) < 4.78 is 40.0. The highest BCUT2D eigenvalue weighted by molar-refractivity contribution is 6.32. The highest BCUT2D eigenvalue weighted by Crippen LogP contribution is 2.50. The van der Waals surface area contributed by atoms with E-state index in [9.17, 15) is 14.0 Å². The molecule has 1 aliphatic carbocycles. The van der Waals surface area contributed by atoms with Crippen molar-refractivity contribution >= 4 is 22.4 Å². The fourth-order valence-corrected chi connectivity index (χ4v) is 5.44. The molecule has 0 spiro atoms. The molecular formula is C31H27ClF2N4O3. The number of ether oxygens (including phenoxy) is 1. The number of aromatic nitrogens is 4. The second kappa shape index (κ2) is 10.4. The van der Waals surface area contributed by atoms with E-state index in [2.05, 4.69) is 5.10 Å². The summed E-state index contributed by atoms with van der Waals surface area (Å²) in [5.74, 6) is -1.12. The van der Waals surface area contributed by atoms with Crippen molar-refractivity contribution in [2.75, 3.05) is 0 Å². The Morgan fingerprint density at radius 2 is 1.73 bits per heavy atom. The first-order valence-corrected chi connectivity index (χ1v) is 13.7. The van der Waals surface area contributed by atoms with Gasteiger partial charge in [-0.1, -0.05) is 54.9 Å². The Kier molecular flexibility index (Phi) is 6.87. The van der Waals surface area contributed by atoms with Crippen molar-refractivity contribution in [1.29, 1.82) is 0 Å². The van der Waals surface area contributed by atoms with E-state index in [1.807, 2.05) is 37.3 Å². The Bertz CT molecular complexity index is 1890. The highest BCUT2D eigenvalue weighted by atomic mass is 35.5. The van der Waals surface area contributed by atoms with Crippen molar-refractivity contribution in [2.24, 2.45) is 0 Å². The van der Waals surface area contributed by atoms with Crippen molar-refractivity contribution in [3.05, 3.63) is 121 Å². The Labute approximate surface area is 239 Å². The lowest BCUT2D eigenvalue weighted by atomic mass is 9.94.